The third kappa shape index (κ3) is 1.95. The molecule has 0 radical (unpaired) electrons. The van der Waals surface area contributed by atoms with Gasteiger partial charge in [-0.25, -0.2) is 0 Å². The predicted molar refractivity (Wildman–Crippen MR) is 58.9 cm³/mol. The zero-order chi connectivity index (χ0) is 11.6. The largest absolute Gasteiger partial charge is 0.469 e. The van der Waals surface area contributed by atoms with Gasteiger partial charge in [-0.15, -0.1) is 0 Å². The lowest BCUT2D eigenvalue weighted by atomic mass is 9.68. The van der Waals surface area contributed by atoms with Crippen molar-refractivity contribution >= 4 is 5.97 Å². The number of ether oxygens (including phenoxy) is 2. The number of carbonyl (C=O) groups is 1. The molecule has 0 aromatic heterocycles. The molecule has 1 atom stereocenters. The Morgan fingerprint density at radius 1 is 1.62 bits per heavy atom. The van der Waals surface area contributed by atoms with E-state index in [0.717, 1.165) is 26.1 Å². The molecule has 0 aromatic rings. The van der Waals surface area contributed by atoms with Crippen LogP contribution in [0.2, 0.25) is 0 Å². The maximum absolute atomic E-state index is 11.8. The number of hydrogen-bond acceptors (Lipinski definition) is 5. The number of likely N-dealkylation sites (tertiary alicyclic amines) is 1. The number of nitrogens with zero attached hydrogens (tertiary/aromatic N) is 1. The van der Waals surface area contributed by atoms with Crippen molar-refractivity contribution in [2.75, 3.05) is 46.5 Å². The molecule has 2 rings (SSSR count). The lowest BCUT2D eigenvalue weighted by molar-refractivity contribution is -0.192. The standard InChI is InChI=1S/C11H20N2O3/c1-15-10(14)9-6-13(5-3-12)4-2-11(9)7-16-8-11/h9H,2-8,12H2,1H3. The second-order valence-electron chi connectivity index (χ2n) is 4.77. The fourth-order valence-corrected chi connectivity index (χ4v) is 2.66. The number of nitrogens with two attached hydrogens (primary N) is 1. The molecule has 2 saturated heterocycles. The minimum atomic E-state index is -0.106. The Kier molecular flexibility index (Phi) is 3.47. The van der Waals surface area contributed by atoms with Gasteiger partial charge in [0, 0.05) is 25.0 Å². The number of piperidine rings is 1. The van der Waals surface area contributed by atoms with Gasteiger partial charge in [-0.1, -0.05) is 0 Å². The van der Waals surface area contributed by atoms with Crippen molar-refractivity contribution in [1.29, 1.82) is 0 Å². The molecule has 2 heterocycles. The van der Waals surface area contributed by atoms with Gasteiger partial charge in [0.15, 0.2) is 0 Å². The number of esters is 1. The number of hydrogen-bond donors (Lipinski definition) is 1. The summed E-state index contributed by atoms with van der Waals surface area (Å²) in [5.74, 6) is -0.156. The third-order valence-electron chi connectivity index (χ3n) is 3.82. The van der Waals surface area contributed by atoms with Crippen LogP contribution in [-0.4, -0.2) is 57.4 Å². The summed E-state index contributed by atoms with van der Waals surface area (Å²) in [4.78, 5) is 14.0. The Labute approximate surface area is 95.9 Å². The van der Waals surface area contributed by atoms with Crippen molar-refractivity contribution in [2.24, 2.45) is 17.1 Å². The van der Waals surface area contributed by atoms with E-state index in [1.165, 1.54) is 7.11 Å². The van der Waals surface area contributed by atoms with Gasteiger partial charge in [-0.05, 0) is 13.0 Å². The first-order valence-corrected chi connectivity index (χ1v) is 5.80. The minimum absolute atomic E-state index is 0.0399. The van der Waals surface area contributed by atoms with Crippen LogP contribution in [-0.2, 0) is 14.3 Å². The molecule has 0 aromatic carbocycles. The minimum Gasteiger partial charge on any atom is -0.469 e. The van der Waals surface area contributed by atoms with Crippen molar-refractivity contribution in [2.45, 2.75) is 6.42 Å². The van der Waals surface area contributed by atoms with E-state index in [2.05, 4.69) is 4.90 Å². The van der Waals surface area contributed by atoms with Gasteiger partial charge in [0.1, 0.15) is 0 Å². The van der Waals surface area contributed by atoms with E-state index in [-0.39, 0.29) is 17.3 Å². The molecule has 0 bridgehead atoms. The van der Waals surface area contributed by atoms with Gasteiger partial charge < -0.3 is 20.1 Å². The number of rotatable bonds is 3. The van der Waals surface area contributed by atoms with Crippen LogP contribution in [0.1, 0.15) is 6.42 Å². The predicted octanol–water partition coefficient (Wildman–Crippen LogP) is -0.543. The van der Waals surface area contributed by atoms with Crippen LogP contribution in [0.25, 0.3) is 0 Å². The lowest BCUT2D eigenvalue weighted by Gasteiger charge is -2.51. The van der Waals surface area contributed by atoms with Crippen LogP contribution in [0, 0.1) is 11.3 Å². The highest BCUT2D eigenvalue weighted by molar-refractivity contribution is 5.74. The summed E-state index contributed by atoms with van der Waals surface area (Å²) in [5.41, 5.74) is 5.58. The molecule has 0 aliphatic carbocycles. The van der Waals surface area contributed by atoms with Gasteiger partial charge in [0.25, 0.3) is 0 Å². The summed E-state index contributed by atoms with van der Waals surface area (Å²) in [6.07, 6.45) is 1.01. The SMILES string of the molecule is COC(=O)C1CN(CCN)CCC12COC2. The maximum Gasteiger partial charge on any atom is 0.310 e. The Balaban J connectivity index is 2.04. The molecule has 2 N–H and O–H groups in total. The maximum atomic E-state index is 11.8. The molecule has 1 spiro atoms. The third-order valence-corrected chi connectivity index (χ3v) is 3.82. The Hall–Kier alpha value is -0.650. The molecule has 5 heteroatoms. The highest BCUT2D eigenvalue weighted by Gasteiger charge is 2.52. The van der Waals surface area contributed by atoms with E-state index in [1.807, 2.05) is 0 Å². The fraction of sp³-hybridized carbons (Fsp3) is 0.909. The van der Waals surface area contributed by atoms with Crippen LogP contribution in [0.3, 0.4) is 0 Å². The zero-order valence-electron chi connectivity index (χ0n) is 9.78. The molecule has 2 fully saturated rings. The van der Waals surface area contributed by atoms with Crippen molar-refractivity contribution in [3.8, 4) is 0 Å². The molecule has 0 saturated carbocycles. The molecule has 2 aliphatic rings. The topological polar surface area (TPSA) is 64.8 Å². The monoisotopic (exact) mass is 228 g/mol. The van der Waals surface area contributed by atoms with Crippen LogP contribution in [0.5, 0.6) is 0 Å². The number of carbonyl (C=O) groups excluding carboxylic acids is 1. The van der Waals surface area contributed by atoms with Gasteiger partial charge in [0.2, 0.25) is 0 Å². The summed E-state index contributed by atoms with van der Waals surface area (Å²) in [6, 6.07) is 0. The summed E-state index contributed by atoms with van der Waals surface area (Å²) < 4.78 is 10.2. The van der Waals surface area contributed by atoms with E-state index in [9.17, 15) is 4.79 Å². The highest BCUT2D eigenvalue weighted by atomic mass is 16.5. The molecule has 0 amide bonds. The molecule has 16 heavy (non-hydrogen) atoms. The van der Waals surface area contributed by atoms with Gasteiger partial charge in [-0.2, -0.15) is 0 Å². The average molecular weight is 228 g/mol. The normalized spacial score (nSPS) is 28.8. The molecule has 5 nitrogen and oxygen atoms in total. The first kappa shape index (κ1) is 11.8. The Morgan fingerprint density at radius 2 is 2.38 bits per heavy atom. The van der Waals surface area contributed by atoms with Gasteiger partial charge >= 0.3 is 5.97 Å². The number of methoxy groups -OCH3 is 1. The second-order valence-corrected chi connectivity index (χ2v) is 4.77. The average Bonchev–Trinajstić information content (AvgIpc) is 2.26. The molecule has 1 unspecified atom stereocenters. The smallest absolute Gasteiger partial charge is 0.310 e. The van der Waals surface area contributed by atoms with E-state index in [4.69, 9.17) is 15.2 Å². The van der Waals surface area contributed by atoms with Crippen LogP contribution >= 0.6 is 0 Å². The van der Waals surface area contributed by atoms with Crippen molar-refractivity contribution in [3.05, 3.63) is 0 Å². The van der Waals surface area contributed by atoms with E-state index in [1.54, 1.807) is 0 Å². The molecular formula is C11H20N2O3. The summed E-state index contributed by atoms with van der Waals surface area (Å²) >= 11 is 0. The van der Waals surface area contributed by atoms with Crippen molar-refractivity contribution in [3.63, 3.8) is 0 Å². The highest BCUT2D eigenvalue weighted by Crippen LogP contribution is 2.43. The van der Waals surface area contributed by atoms with Gasteiger partial charge in [-0.3, -0.25) is 4.79 Å². The van der Waals surface area contributed by atoms with Crippen molar-refractivity contribution in [1.82, 2.24) is 4.90 Å². The van der Waals surface area contributed by atoms with Crippen LogP contribution < -0.4 is 5.73 Å². The van der Waals surface area contributed by atoms with Gasteiger partial charge in [0.05, 0.1) is 26.2 Å². The van der Waals surface area contributed by atoms with Crippen LogP contribution in [0.4, 0.5) is 0 Å². The summed E-state index contributed by atoms with van der Waals surface area (Å²) in [6.45, 7) is 4.65. The van der Waals surface area contributed by atoms with Crippen molar-refractivity contribution < 1.29 is 14.3 Å². The molecular weight excluding hydrogens is 208 g/mol. The van der Waals surface area contributed by atoms with E-state index >= 15 is 0 Å². The lowest BCUT2D eigenvalue weighted by Crippen LogP contribution is -2.60. The fourth-order valence-electron chi connectivity index (χ4n) is 2.66. The second kappa shape index (κ2) is 4.69. The Bertz CT molecular complexity index is 266. The first-order chi connectivity index (χ1) is 7.72. The van der Waals surface area contributed by atoms with E-state index < -0.39 is 0 Å². The van der Waals surface area contributed by atoms with Crippen LogP contribution in [0.15, 0.2) is 0 Å². The first-order valence-electron chi connectivity index (χ1n) is 5.80. The molecule has 92 valence electrons. The quantitative estimate of drug-likeness (QED) is 0.657. The summed E-state index contributed by atoms with van der Waals surface area (Å²) in [5, 5.41) is 0. The van der Waals surface area contributed by atoms with E-state index in [0.29, 0.717) is 19.8 Å². The Morgan fingerprint density at radius 3 is 2.88 bits per heavy atom. The molecule has 2 aliphatic heterocycles. The zero-order valence-corrected chi connectivity index (χ0v) is 9.78. The summed E-state index contributed by atoms with van der Waals surface area (Å²) in [7, 11) is 1.46.